The van der Waals surface area contributed by atoms with Crippen LogP contribution >= 0.6 is 0 Å². The Morgan fingerprint density at radius 2 is 2.13 bits per heavy atom. The molecule has 1 saturated carbocycles. The van der Waals surface area contributed by atoms with Gasteiger partial charge in [0.1, 0.15) is 5.54 Å². The average Bonchev–Trinajstić information content (AvgIpc) is 3.20. The molecule has 23 heavy (non-hydrogen) atoms. The Kier molecular flexibility index (Phi) is 4.06. The molecular formula is C15H21N5O3. The third kappa shape index (κ3) is 2.93. The number of carbonyl (C=O) groups is 3. The lowest BCUT2D eigenvalue weighted by atomic mass is 9.98. The van der Waals surface area contributed by atoms with Crippen LogP contribution < -0.4 is 10.6 Å². The predicted octanol–water partition coefficient (Wildman–Crippen LogP) is 0.405. The number of hydrogen-bond donors (Lipinski definition) is 2. The highest BCUT2D eigenvalue weighted by Gasteiger charge is 2.51. The lowest BCUT2D eigenvalue weighted by molar-refractivity contribution is -0.131. The Balaban J connectivity index is 1.46. The van der Waals surface area contributed by atoms with Crippen LogP contribution in [-0.2, 0) is 11.8 Å². The van der Waals surface area contributed by atoms with Crippen molar-refractivity contribution in [2.75, 3.05) is 13.1 Å². The van der Waals surface area contributed by atoms with Crippen molar-refractivity contribution in [3.05, 3.63) is 18.0 Å². The van der Waals surface area contributed by atoms with Crippen molar-refractivity contribution in [2.45, 2.75) is 37.6 Å². The number of aryl methyl sites for hydroxylation is 1. The fourth-order valence-electron chi connectivity index (χ4n) is 3.28. The van der Waals surface area contributed by atoms with Crippen molar-refractivity contribution in [3.63, 3.8) is 0 Å². The standard InChI is InChI=1S/C15H21N5O3/c1-19-10-11(9-17-19)12(21)16-7-4-8-20-13(22)15(18-14(20)23)5-2-3-6-15/h9-10H,2-8H2,1H3,(H,16,21)(H,18,23). The van der Waals surface area contributed by atoms with E-state index in [1.807, 2.05) is 0 Å². The molecule has 124 valence electrons. The number of hydrogen-bond acceptors (Lipinski definition) is 4. The second-order valence-electron chi connectivity index (χ2n) is 6.19. The summed E-state index contributed by atoms with van der Waals surface area (Å²) in [6, 6.07) is -0.310. The first-order valence-corrected chi connectivity index (χ1v) is 7.93. The molecule has 0 radical (unpaired) electrons. The maximum absolute atomic E-state index is 12.4. The molecule has 3 rings (SSSR count). The molecule has 1 spiro atoms. The molecule has 0 atom stereocenters. The van der Waals surface area contributed by atoms with E-state index < -0.39 is 5.54 Å². The first kappa shape index (κ1) is 15.5. The molecule has 8 heteroatoms. The fourth-order valence-corrected chi connectivity index (χ4v) is 3.28. The van der Waals surface area contributed by atoms with E-state index in [1.165, 1.54) is 11.1 Å². The van der Waals surface area contributed by atoms with Crippen molar-refractivity contribution >= 4 is 17.8 Å². The summed E-state index contributed by atoms with van der Waals surface area (Å²) in [5.74, 6) is -0.318. The van der Waals surface area contributed by atoms with Gasteiger partial charge in [-0.15, -0.1) is 0 Å². The first-order valence-electron chi connectivity index (χ1n) is 7.93. The minimum absolute atomic E-state index is 0.112. The number of rotatable bonds is 5. The van der Waals surface area contributed by atoms with Crippen LogP contribution in [0.15, 0.2) is 12.4 Å². The summed E-state index contributed by atoms with van der Waals surface area (Å²) in [5.41, 5.74) is -0.164. The molecule has 2 fully saturated rings. The molecule has 8 nitrogen and oxygen atoms in total. The van der Waals surface area contributed by atoms with E-state index >= 15 is 0 Å². The number of aromatic nitrogens is 2. The molecule has 0 unspecified atom stereocenters. The second kappa shape index (κ2) is 6.02. The van der Waals surface area contributed by atoms with Gasteiger partial charge in [-0.1, -0.05) is 12.8 Å². The molecule has 2 aliphatic rings. The zero-order valence-corrected chi connectivity index (χ0v) is 13.2. The molecule has 1 saturated heterocycles. The highest BCUT2D eigenvalue weighted by Crippen LogP contribution is 2.34. The Bertz CT molecular complexity index is 633. The van der Waals surface area contributed by atoms with Crippen molar-refractivity contribution in [1.29, 1.82) is 0 Å². The van der Waals surface area contributed by atoms with Crippen LogP contribution in [0.5, 0.6) is 0 Å². The van der Waals surface area contributed by atoms with Gasteiger partial charge in [0, 0.05) is 26.3 Å². The highest BCUT2D eigenvalue weighted by atomic mass is 16.2. The van der Waals surface area contributed by atoms with Crippen LogP contribution in [-0.4, -0.2) is 51.2 Å². The third-order valence-corrected chi connectivity index (χ3v) is 4.51. The van der Waals surface area contributed by atoms with E-state index in [0.29, 0.717) is 25.1 Å². The first-order chi connectivity index (χ1) is 11.0. The van der Waals surface area contributed by atoms with E-state index in [-0.39, 0.29) is 17.8 Å². The molecular weight excluding hydrogens is 298 g/mol. The molecule has 1 aromatic rings. The van der Waals surface area contributed by atoms with Crippen LogP contribution in [0.3, 0.4) is 0 Å². The number of urea groups is 1. The van der Waals surface area contributed by atoms with Crippen LogP contribution in [0.2, 0.25) is 0 Å². The van der Waals surface area contributed by atoms with E-state index in [9.17, 15) is 14.4 Å². The number of nitrogens with one attached hydrogen (secondary N) is 2. The Morgan fingerprint density at radius 3 is 2.78 bits per heavy atom. The number of nitrogens with zero attached hydrogens (tertiary/aromatic N) is 3. The average molecular weight is 319 g/mol. The highest BCUT2D eigenvalue weighted by molar-refractivity contribution is 6.07. The predicted molar refractivity (Wildman–Crippen MR) is 81.6 cm³/mol. The SMILES string of the molecule is Cn1cc(C(=O)NCCCN2C(=O)NC3(CCCC3)C2=O)cn1. The molecule has 2 heterocycles. The molecule has 2 N–H and O–H groups in total. The topological polar surface area (TPSA) is 96.3 Å². The molecule has 0 bridgehead atoms. The summed E-state index contributed by atoms with van der Waals surface area (Å²) in [4.78, 5) is 37.6. The minimum Gasteiger partial charge on any atom is -0.352 e. The second-order valence-corrected chi connectivity index (χ2v) is 6.19. The van der Waals surface area contributed by atoms with Crippen LogP contribution in [0.25, 0.3) is 0 Å². The summed E-state index contributed by atoms with van der Waals surface area (Å²) >= 11 is 0. The summed E-state index contributed by atoms with van der Waals surface area (Å²) in [5, 5.41) is 9.55. The minimum atomic E-state index is -0.657. The van der Waals surface area contributed by atoms with Crippen LogP contribution in [0.1, 0.15) is 42.5 Å². The maximum atomic E-state index is 12.4. The summed E-state index contributed by atoms with van der Waals surface area (Å²) in [7, 11) is 1.74. The van der Waals surface area contributed by atoms with Gasteiger partial charge in [0.05, 0.1) is 11.8 Å². The van der Waals surface area contributed by atoms with Gasteiger partial charge in [0.2, 0.25) is 0 Å². The van der Waals surface area contributed by atoms with Gasteiger partial charge in [0.15, 0.2) is 0 Å². The normalized spacial score (nSPS) is 19.4. The smallest absolute Gasteiger partial charge is 0.325 e. The van der Waals surface area contributed by atoms with E-state index in [2.05, 4.69) is 15.7 Å². The number of carbonyl (C=O) groups excluding carboxylic acids is 3. The van der Waals surface area contributed by atoms with Crippen LogP contribution in [0, 0.1) is 0 Å². The molecule has 0 aromatic carbocycles. The van der Waals surface area contributed by atoms with Crippen molar-refractivity contribution in [3.8, 4) is 0 Å². The van der Waals surface area contributed by atoms with E-state index in [0.717, 1.165) is 25.7 Å². The van der Waals surface area contributed by atoms with Gasteiger partial charge in [0.25, 0.3) is 11.8 Å². The van der Waals surface area contributed by atoms with Crippen molar-refractivity contribution < 1.29 is 14.4 Å². The molecule has 1 aliphatic carbocycles. The summed E-state index contributed by atoms with van der Waals surface area (Å²) < 4.78 is 1.56. The summed E-state index contributed by atoms with van der Waals surface area (Å²) in [6.07, 6.45) is 7.06. The third-order valence-electron chi connectivity index (χ3n) is 4.51. The Morgan fingerprint density at radius 1 is 1.39 bits per heavy atom. The Hall–Kier alpha value is -2.38. The van der Waals surface area contributed by atoms with Gasteiger partial charge in [-0.25, -0.2) is 4.79 Å². The van der Waals surface area contributed by atoms with Crippen molar-refractivity contribution in [1.82, 2.24) is 25.3 Å². The maximum Gasteiger partial charge on any atom is 0.325 e. The monoisotopic (exact) mass is 319 g/mol. The largest absolute Gasteiger partial charge is 0.352 e. The molecule has 1 aromatic heterocycles. The van der Waals surface area contributed by atoms with Gasteiger partial charge >= 0.3 is 6.03 Å². The number of amides is 4. The van der Waals surface area contributed by atoms with Gasteiger partial charge in [-0.05, 0) is 19.3 Å². The van der Waals surface area contributed by atoms with Gasteiger partial charge in [-0.2, -0.15) is 5.10 Å². The van der Waals surface area contributed by atoms with Crippen LogP contribution in [0.4, 0.5) is 4.79 Å². The van der Waals surface area contributed by atoms with Gasteiger partial charge < -0.3 is 10.6 Å². The van der Waals surface area contributed by atoms with E-state index in [4.69, 9.17) is 0 Å². The molecule has 1 aliphatic heterocycles. The lowest BCUT2D eigenvalue weighted by Crippen LogP contribution is -2.44. The fraction of sp³-hybridized carbons (Fsp3) is 0.600. The molecule has 4 amide bonds. The Labute approximate surface area is 134 Å². The quantitative estimate of drug-likeness (QED) is 0.607. The van der Waals surface area contributed by atoms with E-state index in [1.54, 1.807) is 17.9 Å². The number of imide groups is 1. The summed E-state index contributed by atoms with van der Waals surface area (Å²) in [6.45, 7) is 0.720. The zero-order valence-electron chi connectivity index (χ0n) is 13.2. The lowest BCUT2D eigenvalue weighted by Gasteiger charge is -2.20. The van der Waals surface area contributed by atoms with Crippen molar-refractivity contribution in [2.24, 2.45) is 7.05 Å². The van der Waals surface area contributed by atoms with Gasteiger partial charge in [-0.3, -0.25) is 19.2 Å². The zero-order chi connectivity index (χ0) is 16.4.